The first-order valence-electron chi connectivity index (χ1n) is 6.75. The summed E-state index contributed by atoms with van der Waals surface area (Å²) in [5, 5.41) is 4.62. The number of hydrogen-bond acceptors (Lipinski definition) is 2. The summed E-state index contributed by atoms with van der Waals surface area (Å²) in [5.41, 5.74) is 10.0. The summed E-state index contributed by atoms with van der Waals surface area (Å²) in [6.45, 7) is 10.7. The van der Waals surface area contributed by atoms with Crippen LogP contribution in [0.2, 0.25) is 0 Å². The van der Waals surface area contributed by atoms with Gasteiger partial charge in [-0.15, -0.1) is 0 Å². The van der Waals surface area contributed by atoms with Crippen LogP contribution in [0.5, 0.6) is 0 Å². The molecule has 2 rings (SSSR count). The predicted octanol–water partition coefficient (Wildman–Crippen LogP) is 4.01. The first kappa shape index (κ1) is 13.7. The number of aromatic nitrogens is 2. The van der Waals surface area contributed by atoms with Crippen molar-refractivity contribution in [3.05, 3.63) is 36.0 Å². The molecule has 0 bridgehead atoms. The molecule has 19 heavy (non-hydrogen) atoms. The van der Waals surface area contributed by atoms with Crippen LogP contribution >= 0.6 is 0 Å². The molecule has 0 spiro atoms. The number of nitrogens with two attached hydrogens (primary N) is 1. The summed E-state index contributed by atoms with van der Waals surface area (Å²) in [5.74, 6) is 0.540. The van der Waals surface area contributed by atoms with Gasteiger partial charge in [0.15, 0.2) is 0 Å². The van der Waals surface area contributed by atoms with Crippen LogP contribution in [-0.2, 0) is 5.54 Å². The molecule has 0 aliphatic carbocycles. The molecule has 102 valence electrons. The lowest BCUT2D eigenvalue weighted by atomic mass is 10.0. The molecule has 3 heteroatoms. The molecule has 0 saturated carbocycles. The lowest BCUT2D eigenvalue weighted by molar-refractivity contribution is 0.356. The second-order valence-electron chi connectivity index (χ2n) is 6.33. The molecule has 2 N–H and O–H groups in total. The largest absolute Gasteiger partial charge is 0.396 e. The average molecular weight is 257 g/mol. The van der Waals surface area contributed by atoms with Crippen LogP contribution < -0.4 is 5.73 Å². The number of anilines is 1. The number of hydrogen-bond donors (Lipinski definition) is 1. The zero-order valence-electron chi connectivity index (χ0n) is 12.4. The van der Waals surface area contributed by atoms with Gasteiger partial charge in [-0.25, -0.2) is 0 Å². The maximum atomic E-state index is 6.08. The molecule has 0 amide bonds. The first-order chi connectivity index (χ1) is 8.79. The second-order valence-corrected chi connectivity index (χ2v) is 6.33. The van der Waals surface area contributed by atoms with Gasteiger partial charge in [0.05, 0.1) is 11.2 Å². The predicted molar refractivity (Wildman–Crippen MR) is 81.2 cm³/mol. The van der Waals surface area contributed by atoms with E-state index in [-0.39, 0.29) is 5.54 Å². The minimum absolute atomic E-state index is 0.0513. The minimum Gasteiger partial charge on any atom is -0.396 e. The summed E-state index contributed by atoms with van der Waals surface area (Å²) < 4.78 is 1.92. The molecule has 0 unspecified atom stereocenters. The van der Waals surface area contributed by atoms with E-state index in [0.29, 0.717) is 5.92 Å². The molecule has 0 aliphatic rings. The fourth-order valence-electron chi connectivity index (χ4n) is 1.98. The third-order valence-corrected chi connectivity index (χ3v) is 3.28. The summed E-state index contributed by atoms with van der Waals surface area (Å²) >= 11 is 0. The van der Waals surface area contributed by atoms with Crippen molar-refractivity contribution in [3.8, 4) is 11.3 Å². The fraction of sp³-hybridized carbons (Fsp3) is 0.438. The van der Waals surface area contributed by atoms with Crippen LogP contribution in [0.25, 0.3) is 11.3 Å². The smallest absolute Gasteiger partial charge is 0.115 e. The molecule has 0 fully saturated rings. The van der Waals surface area contributed by atoms with Crippen LogP contribution in [0.15, 0.2) is 30.5 Å². The molecule has 0 radical (unpaired) electrons. The monoisotopic (exact) mass is 257 g/mol. The van der Waals surface area contributed by atoms with Crippen molar-refractivity contribution in [1.29, 1.82) is 0 Å². The maximum Gasteiger partial charge on any atom is 0.115 e. The van der Waals surface area contributed by atoms with Crippen molar-refractivity contribution in [3.63, 3.8) is 0 Å². The summed E-state index contributed by atoms with van der Waals surface area (Å²) in [6.07, 6.45) is 1.91. The van der Waals surface area contributed by atoms with Crippen molar-refractivity contribution < 1.29 is 0 Å². The van der Waals surface area contributed by atoms with E-state index < -0.39 is 0 Å². The zero-order valence-corrected chi connectivity index (χ0v) is 12.4. The van der Waals surface area contributed by atoms with Gasteiger partial charge in [-0.1, -0.05) is 38.1 Å². The van der Waals surface area contributed by atoms with E-state index in [1.54, 1.807) is 0 Å². The first-order valence-corrected chi connectivity index (χ1v) is 6.75. The maximum absolute atomic E-state index is 6.08. The fourth-order valence-corrected chi connectivity index (χ4v) is 1.98. The summed E-state index contributed by atoms with van der Waals surface area (Å²) in [6, 6.07) is 8.49. The van der Waals surface area contributed by atoms with Gasteiger partial charge in [0.1, 0.15) is 5.69 Å². The molecule has 1 heterocycles. The van der Waals surface area contributed by atoms with E-state index in [2.05, 4.69) is 64.0 Å². The molecular formula is C16H23N3. The van der Waals surface area contributed by atoms with Crippen LogP contribution in [0, 0.1) is 0 Å². The Balaban J connectivity index is 2.39. The van der Waals surface area contributed by atoms with Gasteiger partial charge in [-0.3, -0.25) is 4.68 Å². The molecular weight excluding hydrogens is 234 g/mol. The molecule has 1 aromatic heterocycles. The SMILES string of the molecule is CC(C)c1ccc(-c2nn(C(C)(C)C)cc2N)cc1. The number of rotatable bonds is 2. The van der Waals surface area contributed by atoms with Crippen LogP contribution in [0.3, 0.4) is 0 Å². The molecule has 0 saturated heterocycles. The Morgan fingerprint density at radius 1 is 1.11 bits per heavy atom. The zero-order chi connectivity index (χ0) is 14.2. The lowest BCUT2D eigenvalue weighted by Crippen LogP contribution is -2.22. The van der Waals surface area contributed by atoms with E-state index in [9.17, 15) is 0 Å². The van der Waals surface area contributed by atoms with Crippen molar-refractivity contribution in [2.75, 3.05) is 5.73 Å². The Labute approximate surface area is 115 Å². The van der Waals surface area contributed by atoms with Crippen LogP contribution in [-0.4, -0.2) is 9.78 Å². The number of nitrogens with zero attached hydrogens (tertiary/aromatic N) is 2. The van der Waals surface area contributed by atoms with Crippen molar-refractivity contribution in [2.24, 2.45) is 0 Å². The minimum atomic E-state index is -0.0513. The highest BCUT2D eigenvalue weighted by atomic mass is 15.3. The summed E-state index contributed by atoms with van der Waals surface area (Å²) in [7, 11) is 0. The van der Waals surface area contributed by atoms with Gasteiger partial charge in [-0.05, 0) is 32.3 Å². The normalized spacial score (nSPS) is 12.1. The highest BCUT2D eigenvalue weighted by Crippen LogP contribution is 2.28. The van der Waals surface area contributed by atoms with Gasteiger partial charge in [0.25, 0.3) is 0 Å². The Morgan fingerprint density at radius 2 is 1.68 bits per heavy atom. The van der Waals surface area contributed by atoms with E-state index >= 15 is 0 Å². The lowest BCUT2D eigenvalue weighted by Gasteiger charge is -2.18. The summed E-state index contributed by atoms with van der Waals surface area (Å²) in [4.78, 5) is 0. The Bertz CT molecular complexity index is 557. The molecule has 0 aliphatic heterocycles. The Morgan fingerprint density at radius 3 is 2.11 bits per heavy atom. The Hall–Kier alpha value is -1.77. The van der Waals surface area contributed by atoms with Crippen LogP contribution in [0.1, 0.15) is 46.1 Å². The van der Waals surface area contributed by atoms with Gasteiger partial charge in [0, 0.05) is 11.8 Å². The van der Waals surface area contributed by atoms with Crippen molar-refractivity contribution in [1.82, 2.24) is 9.78 Å². The van der Waals surface area contributed by atoms with E-state index in [1.165, 1.54) is 5.56 Å². The molecule has 0 atom stereocenters. The van der Waals surface area contributed by atoms with E-state index in [1.807, 2.05) is 10.9 Å². The average Bonchev–Trinajstić information content (AvgIpc) is 2.71. The molecule has 1 aromatic carbocycles. The van der Waals surface area contributed by atoms with Crippen LogP contribution in [0.4, 0.5) is 5.69 Å². The topological polar surface area (TPSA) is 43.8 Å². The standard InChI is InChI=1S/C16H23N3/c1-11(2)12-6-8-13(9-7-12)15-14(17)10-19(18-15)16(3,4)5/h6-11H,17H2,1-5H3. The van der Waals surface area contributed by atoms with Crippen molar-refractivity contribution in [2.45, 2.75) is 46.1 Å². The van der Waals surface area contributed by atoms with Gasteiger partial charge < -0.3 is 5.73 Å². The van der Waals surface area contributed by atoms with Gasteiger partial charge in [0.2, 0.25) is 0 Å². The molecule has 2 aromatic rings. The third-order valence-electron chi connectivity index (χ3n) is 3.28. The quantitative estimate of drug-likeness (QED) is 0.883. The Kier molecular flexibility index (Phi) is 3.40. The number of nitrogen functional groups attached to an aromatic ring is 1. The second kappa shape index (κ2) is 4.72. The third kappa shape index (κ3) is 2.80. The highest BCUT2D eigenvalue weighted by Gasteiger charge is 2.17. The van der Waals surface area contributed by atoms with E-state index in [0.717, 1.165) is 16.9 Å². The highest BCUT2D eigenvalue weighted by molar-refractivity contribution is 5.72. The van der Waals surface area contributed by atoms with Crippen molar-refractivity contribution >= 4 is 5.69 Å². The molecule has 3 nitrogen and oxygen atoms in total. The van der Waals surface area contributed by atoms with Gasteiger partial charge in [-0.2, -0.15) is 5.10 Å². The van der Waals surface area contributed by atoms with E-state index in [4.69, 9.17) is 5.73 Å². The number of benzene rings is 1. The van der Waals surface area contributed by atoms with Gasteiger partial charge >= 0.3 is 0 Å².